The van der Waals surface area contributed by atoms with Crippen LogP contribution >= 0.6 is 0 Å². The summed E-state index contributed by atoms with van der Waals surface area (Å²) in [7, 11) is 0. The summed E-state index contributed by atoms with van der Waals surface area (Å²) >= 11 is 0. The van der Waals surface area contributed by atoms with Crippen LogP contribution in [0, 0.1) is 23.7 Å². The first kappa shape index (κ1) is 15.2. The Hall–Kier alpha value is -0.160. The van der Waals surface area contributed by atoms with Crippen molar-refractivity contribution in [1.82, 2.24) is 0 Å². The van der Waals surface area contributed by atoms with Gasteiger partial charge < -0.3 is 20.4 Å². The van der Waals surface area contributed by atoms with Gasteiger partial charge in [-0.05, 0) is 56.8 Å². The molecule has 2 fully saturated rings. The topological polar surface area (TPSA) is 80.9 Å². The first-order chi connectivity index (χ1) is 8.70. The molecule has 0 radical (unpaired) electrons. The van der Waals surface area contributed by atoms with Crippen molar-refractivity contribution in [3.05, 3.63) is 0 Å². The molecule has 4 N–H and O–H groups in total. The van der Waals surface area contributed by atoms with Crippen LogP contribution in [-0.2, 0) is 0 Å². The van der Waals surface area contributed by atoms with Crippen LogP contribution in [0.25, 0.3) is 0 Å². The van der Waals surface area contributed by atoms with Crippen molar-refractivity contribution in [1.29, 1.82) is 0 Å². The van der Waals surface area contributed by atoms with Gasteiger partial charge in [-0.3, -0.25) is 0 Å². The van der Waals surface area contributed by atoms with E-state index in [0.29, 0.717) is 18.3 Å². The van der Waals surface area contributed by atoms with Crippen LogP contribution in [0.3, 0.4) is 0 Å². The SMILES string of the molecule is C[C@H]1CC[C@@H]2[C@H]1C[C@H](C(C)(O)CO)C[C@@H](O)[C@@]2(C)O. The lowest BCUT2D eigenvalue weighted by molar-refractivity contribution is -0.114. The second kappa shape index (κ2) is 4.99. The highest BCUT2D eigenvalue weighted by atomic mass is 16.3. The van der Waals surface area contributed by atoms with Gasteiger partial charge in [0.25, 0.3) is 0 Å². The zero-order valence-corrected chi connectivity index (χ0v) is 12.2. The zero-order chi connectivity index (χ0) is 14.4. The van der Waals surface area contributed by atoms with Crippen LogP contribution in [0.2, 0.25) is 0 Å². The fraction of sp³-hybridized carbons (Fsp3) is 1.00. The Bertz CT molecular complexity index is 326. The Labute approximate surface area is 115 Å². The Kier molecular flexibility index (Phi) is 4.00. The van der Waals surface area contributed by atoms with Gasteiger partial charge >= 0.3 is 0 Å². The van der Waals surface area contributed by atoms with Gasteiger partial charge in [-0.25, -0.2) is 0 Å². The molecular weight excluding hydrogens is 244 g/mol. The zero-order valence-electron chi connectivity index (χ0n) is 12.2. The number of aliphatic hydroxyl groups is 4. The standard InChI is InChI=1S/C15H28O4/c1-9-4-5-12-11(9)6-10(14(2,18)8-16)7-13(17)15(12,3)19/h9-13,16-19H,4-8H2,1-3H3/t9-,10-,11-,12+,13+,14?,15-/m0/s1. The number of rotatable bonds is 2. The summed E-state index contributed by atoms with van der Waals surface area (Å²) in [6, 6.07) is 0. The van der Waals surface area contributed by atoms with Crippen molar-refractivity contribution in [2.24, 2.45) is 23.7 Å². The third-order valence-electron chi connectivity index (χ3n) is 5.87. The monoisotopic (exact) mass is 272 g/mol. The van der Waals surface area contributed by atoms with E-state index >= 15 is 0 Å². The van der Waals surface area contributed by atoms with Gasteiger partial charge in [-0.15, -0.1) is 0 Å². The van der Waals surface area contributed by atoms with Crippen LogP contribution in [0.5, 0.6) is 0 Å². The molecule has 0 spiro atoms. The van der Waals surface area contributed by atoms with E-state index in [4.69, 9.17) is 0 Å². The van der Waals surface area contributed by atoms with Crippen LogP contribution in [0.15, 0.2) is 0 Å². The second-order valence-corrected chi connectivity index (χ2v) is 7.25. The lowest BCUT2D eigenvalue weighted by Crippen LogP contribution is -2.47. The van der Waals surface area contributed by atoms with Crippen molar-refractivity contribution >= 4 is 0 Å². The lowest BCUT2D eigenvalue weighted by atomic mass is 9.76. The van der Waals surface area contributed by atoms with Crippen LogP contribution in [0.4, 0.5) is 0 Å². The summed E-state index contributed by atoms with van der Waals surface area (Å²) in [6.45, 7) is 5.23. The number of aliphatic hydroxyl groups excluding tert-OH is 2. The third-order valence-corrected chi connectivity index (χ3v) is 5.87. The Morgan fingerprint density at radius 1 is 1.26 bits per heavy atom. The van der Waals surface area contributed by atoms with Crippen LogP contribution in [0.1, 0.15) is 46.5 Å². The minimum atomic E-state index is -1.19. The molecule has 2 aliphatic carbocycles. The summed E-state index contributed by atoms with van der Waals surface area (Å²) < 4.78 is 0. The fourth-order valence-corrected chi connectivity index (χ4v) is 4.21. The Balaban J connectivity index is 2.30. The maximum atomic E-state index is 10.7. The first-order valence-electron chi connectivity index (χ1n) is 7.43. The lowest BCUT2D eigenvalue weighted by Gasteiger charge is -2.36. The Morgan fingerprint density at radius 2 is 1.89 bits per heavy atom. The average Bonchev–Trinajstić information content (AvgIpc) is 2.65. The van der Waals surface area contributed by atoms with E-state index in [1.54, 1.807) is 13.8 Å². The molecule has 1 unspecified atom stereocenters. The minimum Gasteiger partial charge on any atom is -0.393 e. The Morgan fingerprint density at radius 3 is 2.47 bits per heavy atom. The van der Waals surface area contributed by atoms with Crippen molar-refractivity contribution < 1.29 is 20.4 Å². The first-order valence-corrected chi connectivity index (χ1v) is 7.43. The molecule has 112 valence electrons. The molecule has 0 heterocycles. The molecule has 0 aromatic heterocycles. The van der Waals surface area contributed by atoms with Crippen LogP contribution < -0.4 is 0 Å². The fourth-order valence-electron chi connectivity index (χ4n) is 4.21. The molecule has 2 rings (SSSR count). The smallest absolute Gasteiger partial charge is 0.0908 e. The van der Waals surface area contributed by atoms with E-state index < -0.39 is 17.3 Å². The van der Waals surface area contributed by atoms with Gasteiger partial charge in [0.1, 0.15) is 0 Å². The molecule has 0 bridgehead atoms. The highest BCUT2D eigenvalue weighted by Gasteiger charge is 2.53. The molecule has 4 nitrogen and oxygen atoms in total. The largest absolute Gasteiger partial charge is 0.393 e. The van der Waals surface area contributed by atoms with Gasteiger partial charge in [0.2, 0.25) is 0 Å². The quantitative estimate of drug-likeness (QED) is 0.602. The van der Waals surface area contributed by atoms with Crippen molar-refractivity contribution in [3.63, 3.8) is 0 Å². The van der Waals surface area contributed by atoms with Crippen molar-refractivity contribution in [2.75, 3.05) is 6.61 Å². The molecule has 0 aliphatic heterocycles. The summed E-state index contributed by atoms with van der Waals surface area (Å²) in [5.74, 6) is 0.737. The van der Waals surface area contributed by atoms with Gasteiger partial charge in [0.15, 0.2) is 0 Å². The van der Waals surface area contributed by atoms with E-state index in [-0.39, 0.29) is 18.4 Å². The molecule has 0 aromatic rings. The van der Waals surface area contributed by atoms with Gasteiger partial charge in [0, 0.05) is 0 Å². The molecule has 2 saturated carbocycles. The molecule has 0 saturated heterocycles. The molecular formula is C15H28O4. The molecule has 19 heavy (non-hydrogen) atoms. The van der Waals surface area contributed by atoms with Crippen molar-refractivity contribution in [3.8, 4) is 0 Å². The maximum absolute atomic E-state index is 10.7. The van der Waals surface area contributed by atoms with Gasteiger partial charge in [-0.1, -0.05) is 13.3 Å². The molecule has 4 heteroatoms. The van der Waals surface area contributed by atoms with Gasteiger partial charge in [0.05, 0.1) is 23.9 Å². The van der Waals surface area contributed by atoms with E-state index in [2.05, 4.69) is 6.92 Å². The average molecular weight is 272 g/mol. The number of hydrogen-bond acceptors (Lipinski definition) is 4. The molecule has 7 atom stereocenters. The number of hydrogen-bond donors (Lipinski definition) is 4. The highest BCUT2D eigenvalue weighted by Crippen LogP contribution is 2.51. The normalized spacial score (nSPS) is 50.4. The number of fused-ring (bicyclic) bond motifs is 1. The summed E-state index contributed by atoms with van der Waals surface area (Å²) in [4.78, 5) is 0. The van der Waals surface area contributed by atoms with E-state index in [9.17, 15) is 20.4 Å². The third kappa shape index (κ3) is 2.56. The summed E-state index contributed by atoms with van der Waals surface area (Å²) in [5.41, 5.74) is -2.27. The molecule has 0 aromatic carbocycles. The highest BCUT2D eigenvalue weighted by molar-refractivity contribution is 5.03. The summed E-state index contributed by atoms with van der Waals surface area (Å²) in [5, 5.41) is 40.7. The maximum Gasteiger partial charge on any atom is 0.0908 e. The minimum absolute atomic E-state index is 0.0944. The predicted molar refractivity (Wildman–Crippen MR) is 72.4 cm³/mol. The predicted octanol–water partition coefficient (Wildman–Crippen LogP) is 0.914. The summed E-state index contributed by atoms with van der Waals surface area (Å²) in [6.07, 6.45) is 2.28. The second-order valence-electron chi connectivity index (χ2n) is 7.25. The molecule has 0 amide bonds. The van der Waals surface area contributed by atoms with E-state index in [1.165, 1.54) is 0 Å². The van der Waals surface area contributed by atoms with Gasteiger partial charge in [-0.2, -0.15) is 0 Å². The molecule has 2 aliphatic rings. The van der Waals surface area contributed by atoms with E-state index in [1.807, 2.05) is 0 Å². The van der Waals surface area contributed by atoms with E-state index in [0.717, 1.165) is 19.3 Å². The van der Waals surface area contributed by atoms with Crippen LogP contribution in [-0.4, -0.2) is 44.3 Å². The van der Waals surface area contributed by atoms with Crippen molar-refractivity contribution in [2.45, 2.75) is 63.8 Å².